The van der Waals surface area contributed by atoms with Crippen LogP contribution in [-0.4, -0.2) is 33.0 Å². The molecule has 0 atom stereocenters. The third-order valence-corrected chi connectivity index (χ3v) is 5.67. The third-order valence-electron chi connectivity index (χ3n) is 2.60. The molecule has 0 bridgehead atoms. The van der Waals surface area contributed by atoms with Crippen LogP contribution in [0.4, 0.5) is 0 Å². The zero-order chi connectivity index (χ0) is 15.2. The fourth-order valence-electron chi connectivity index (χ4n) is 1.54. The minimum Gasteiger partial charge on any atom is -0.310 e. The molecule has 0 aromatic heterocycles. The van der Waals surface area contributed by atoms with Gasteiger partial charge in [0.1, 0.15) is 0 Å². The van der Waals surface area contributed by atoms with Gasteiger partial charge >= 0.3 is 0 Å². The van der Waals surface area contributed by atoms with Gasteiger partial charge in [-0.25, -0.2) is 13.1 Å². The lowest BCUT2D eigenvalue weighted by molar-refractivity contribution is 0.580. The van der Waals surface area contributed by atoms with E-state index in [1.807, 2.05) is 12.3 Å². The molecule has 7 heteroatoms. The van der Waals surface area contributed by atoms with Crippen molar-refractivity contribution in [2.75, 3.05) is 18.6 Å². The van der Waals surface area contributed by atoms with Gasteiger partial charge in [0.25, 0.3) is 0 Å². The first-order valence-electron chi connectivity index (χ1n) is 6.37. The molecule has 20 heavy (non-hydrogen) atoms. The molecule has 2 N–H and O–H groups in total. The Kier molecular flexibility index (Phi) is 7.53. The summed E-state index contributed by atoms with van der Waals surface area (Å²) in [6.45, 7) is 5.20. The molecular weight excluding hydrogens is 360 g/mol. The molecule has 0 fully saturated rings. The maximum atomic E-state index is 12.2. The number of halogens is 1. The number of thioether (sulfide) groups is 1. The number of hydrogen-bond acceptors (Lipinski definition) is 4. The lowest BCUT2D eigenvalue weighted by Gasteiger charge is -2.12. The number of rotatable bonds is 8. The van der Waals surface area contributed by atoms with Crippen molar-refractivity contribution in [2.24, 2.45) is 0 Å². The van der Waals surface area contributed by atoms with E-state index in [1.54, 1.807) is 23.9 Å². The van der Waals surface area contributed by atoms with E-state index in [-0.39, 0.29) is 0 Å². The Morgan fingerprint density at radius 1 is 1.35 bits per heavy atom. The van der Waals surface area contributed by atoms with Crippen molar-refractivity contribution in [1.29, 1.82) is 0 Å². The van der Waals surface area contributed by atoms with E-state index in [4.69, 9.17) is 0 Å². The van der Waals surface area contributed by atoms with Crippen molar-refractivity contribution in [2.45, 2.75) is 31.3 Å². The highest BCUT2D eigenvalue weighted by Crippen LogP contribution is 2.23. The number of benzene rings is 1. The van der Waals surface area contributed by atoms with E-state index < -0.39 is 10.0 Å². The second-order valence-corrected chi connectivity index (χ2v) is 8.27. The predicted octanol–water partition coefficient (Wildman–Crippen LogP) is 2.59. The molecule has 0 spiro atoms. The van der Waals surface area contributed by atoms with Gasteiger partial charge in [-0.2, -0.15) is 11.8 Å². The van der Waals surface area contributed by atoms with Crippen molar-refractivity contribution >= 4 is 37.7 Å². The van der Waals surface area contributed by atoms with Gasteiger partial charge < -0.3 is 5.32 Å². The van der Waals surface area contributed by atoms with Crippen molar-refractivity contribution < 1.29 is 8.42 Å². The molecule has 1 aromatic rings. The lowest BCUT2D eigenvalue weighted by Crippen LogP contribution is -2.27. The summed E-state index contributed by atoms with van der Waals surface area (Å²) in [7, 11) is -3.46. The van der Waals surface area contributed by atoms with Gasteiger partial charge in [-0.3, -0.25) is 0 Å². The fraction of sp³-hybridized carbons (Fsp3) is 0.538. The van der Waals surface area contributed by atoms with Gasteiger partial charge in [0.05, 0.1) is 4.90 Å². The normalized spacial score (nSPS) is 12.1. The number of nitrogens with one attached hydrogen (secondary N) is 2. The summed E-state index contributed by atoms with van der Waals surface area (Å²) < 4.78 is 27.7. The Bertz CT molecular complexity index is 533. The van der Waals surface area contributed by atoms with Crippen LogP contribution >= 0.6 is 27.7 Å². The van der Waals surface area contributed by atoms with Crippen LogP contribution in [0.2, 0.25) is 0 Å². The second-order valence-electron chi connectivity index (χ2n) is 4.69. The highest BCUT2D eigenvalue weighted by Gasteiger charge is 2.17. The number of sulfonamides is 1. The average Bonchev–Trinajstić information content (AvgIpc) is 2.37. The first-order valence-corrected chi connectivity index (χ1v) is 10.0. The van der Waals surface area contributed by atoms with Crippen LogP contribution in [0, 0.1) is 0 Å². The highest BCUT2D eigenvalue weighted by atomic mass is 79.9. The van der Waals surface area contributed by atoms with Gasteiger partial charge in [-0.05, 0) is 39.9 Å². The molecule has 0 amide bonds. The van der Waals surface area contributed by atoms with Crippen molar-refractivity contribution in [1.82, 2.24) is 10.0 Å². The van der Waals surface area contributed by atoms with Crippen LogP contribution in [0.1, 0.15) is 19.4 Å². The minimum atomic E-state index is -3.46. The zero-order valence-corrected chi connectivity index (χ0v) is 15.2. The Balaban J connectivity index is 2.89. The molecule has 0 heterocycles. The van der Waals surface area contributed by atoms with Gasteiger partial charge in [-0.15, -0.1) is 0 Å². The quantitative estimate of drug-likeness (QED) is 0.680. The van der Waals surface area contributed by atoms with E-state index >= 15 is 0 Å². The average molecular weight is 381 g/mol. The van der Waals surface area contributed by atoms with E-state index in [0.29, 0.717) is 28.5 Å². The van der Waals surface area contributed by atoms with Gasteiger partial charge in [-0.1, -0.05) is 19.9 Å². The van der Waals surface area contributed by atoms with E-state index in [9.17, 15) is 8.42 Å². The summed E-state index contributed by atoms with van der Waals surface area (Å²) in [5, 5.41) is 3.28. The molecule has 4 nitrogen and oxygen atoms in total. The number of hydrogen-bond donors (Lipinski definition) is 2. The van der Waals surface area contributed by atoms with E-state index in [1.165, 1.54) is 0 Å². The van der Waals surface area contributed by atoms with Crippen LogP contribution < -0.4 is 10.0 Å². The molecule has 0 unspecified atom stereocenters. The summed E-state index contributed by atoms with van der Waals surface area (Å²) in [6, 6.07) is 5.76. The highest BCUT2D eigenvalue weighted by molar-refractivity contribution is 9.10. The summed E-state index contributed by atoms with van der Waals surface area (Å²) in [5.41, 5.74) is 0.951. The molecule has 0 saturated carbocycles. The third kappa shape index (κ3) is 5.73. The maximum absolute atomic E-state index is 12.2. The first kappa shape index (κ1) is 18.0. The van der Waals surface area contributed by atoms with Crippen molar-refractivity contribution in [3.63, 3.8) is 0 Å². The molecule has 0 saturated heterocycles. The summed E-state index contributed by atoms with van der Waals surface area (Å²) in [6.07, 6.45) is 1.95. The zero-order valence-electron chi connectivity index (χ0n) is 11.9. The van der Waals surface area contributed by atoms with Crippen LogP contribution in [0.15, 0.2) is 27.6 Å². The monoisotopic (exact) mass is 380 g/mol. The Morgan fingerprint density at radius 3 is 2.65 bits per heavy atom. The lowest BCUT2D eigenvalue weighted by atomic mass is 10.2. The molecule has 0 aliphatic heterocycles. The summed E-state index contributed by atoms with van der Waals surface area (Å²) >= 11 is 4.92. The summed E-state index contributed by atoms with van der Waals surface area (Å²) in [5.74, 6) is 0.755. The smallest absolute Gasteiger partial charge is 0.241 e. The molecule has 1 rings (SSSR count). The Labute approximate surface area is 134 Å². The molecule has 0 aliphatic rings. The SMILES string of the molecule is CSCCNS(=O)(=O)c1cc(CNC(C)C)ccc1Br. The van der Waals surface area contributed by atoms with Gasteiger partial charge in [0.15, 0.2) is 0 Å². The Morgan fingerprint density at radius 2 is 2.05 bits per heavy atom. The maximum Gasteiger partial charge on any atom is 0.241 e. The van der Waals surface area contributed by atoms with E-state index in [0.717, 1.165) is 11.3 Å². The molecular formula is C13H21BrN2O2S2. The Hall–Kier alpha value is -0.0800. The second kappa shape index (κ2) is 8.38. The molecule has 1 aromatic carbocycles. The minimum absolute atomic E-state index is 0.293. The van der Waals surface area contributed by atoms with Crippen molar-refractivity contribution in [3.05, 3.63) is 28.2 Å². The van der Waals surface area contributed by atoms with Crippen molar-refractivity contribution in [3.8, 4) is 0 Å². The molecule has 0 radical (unpaired) electrons. The standard InChI is InChI=1S/C13H21BrN2O2S2/c1-10(2)15-9-11-4-5-12(14)13(8-11)20(17,18)16-6-7-19-3/h4-5,8,10,15-16H,6-7,9H2,1-3H3. The van der Waals surface area contributed by atoms with Crippen LogP contribution in [0.5, 0.6) is 0 Å². The first-order chi connectivity index (χ1) is 9.36. The van der Waals surface area contributed by atoms with Crippen LogP contribution in [0.25, 0.3) is 0 Å². The largest absolute Gasteiger partial charge is 0.310 e. The summed E-state index contributed by atoms with van der Waals surface area (Å²) in [4.78, 5) is 0.293. The molecule has 0 aliphatic carbocycles. The van der Waals surface area contributed by atoms with Crippen LogP contribution in [0.3, 0.4) is 0 Å². The van der Waals surface area contributed by atoms with E-state index in [2.05, 4.69) is 39.8 Å². The van der Waals surface area contributed by atoms with Crippen LogP contribution in [-0.2, 0) is 16.6 Å². The predicted molar refractivity (Wildman–Crippen MR) is 89.7 cm³/mol. The van der Waals surface area contributed by atoms with Gasteiger partial charge in [0, 0.05) is 29.4 Å². The topological polar surface area (TPSA) is 58.2 Å². The van der Waals surface area contributed by atoms with Gasteiger partial charge in [0.2, 0.25) is 10.0 Å². The molecule has 114 valence electrons. The fourth-order valence-corrected chi connectivity index (χ4v) is 4.02.